The molecule has 0 bridgehead atoms. The SMILES string of the molecule is BC(B)(B)N1C(=O)[C@@H](NC(=O)c2nn(Cc3ccccc3)cc2F)[C@H]2C[C@H]2c2cc(C#N)ccc21. The summed E-state index contributed by atoms with van der Waals surface area (Å²) in [5.41, 5.74) is 2.82. The van der Waals surface area contributed by atoms with Gasteiger partial charge in [0.25, 0.3) is 5.91 Å². The fourth-order valence-corrected chi connectivity index (χ4v) is 4.98. The van der Waals surface area contributed by atoms with Gasteiger partial charge in [0, 0.05) is 5.69 Å². The molecule has 3 aromatic rings. The van der Waals surface area contributed by atoms with Crippen LogP contribution in [0.25, 0.3) is 0 Å². The topological polar surface area (TPSA) is 91.0 Å². The smallest absolute Gasteiger partial charge is 0.275 e. The fraction of sp³-hybridized carbons (Fsp3) is 0.250. The Kier molecular flexibility index (Phi) is 5.55. The van der Waals surface area contributed by atoms with Crippen molar-refractivity contribution in [2.45, 2.75) is 30.2 Å². The Morgan fingerprint density at radius 1 is 1.23 bits per heavy atom. The summed E-state index contributed by atoms with van der Waals surface area (Å²) in [5, 5.41) is 15.8. The first-order chi connectivity index (χ1) is 16.7. The van der Waals surface area contributed by atoms with Crippen LogP contribution in [0.2, 0.25) is 0 Å². The Bertz CT molecular complexity index is 1370. The summed E-state index contributed by atoms with van der Waals surface area (Å²) in [4.78, 5) is 28.6. The number of carbonyl (C=O) groups is 2. The second-order valence-corrected chi connectivity index (χ2v) is 10.2. The first-order valence-corrected chi connectivity index (χ1v) is 11.6. The number of nitriles is 1. The number of hydrogen-bond donors (Lipinski definition) is 1. The zero-order valence-corrected chi connectivity index (χ0v) is 19.8. The number of halogens is 1. The summed E-state index contributed by atoms with van der Waals surface area (Å²) in [6.45, 7) is 0.326. The van der Waals surface area contributed by atoms with Crippen LogP contribution in [-0.2, 0) is 11.3 Å². The maximum atomic E-state index is 14.7. The summed E-state index contributed by atoms with van der Waals surface area (Å²) < 4.78 is 16.1. The molecule has 172 valence electrons. The largest absolute Gasteiger partial charge is 0.338 e. The van der Waals surface area contributed by atoms with Crippen LogP contribution >= 0.6 is 0 Å². The molecule has 0 spiro atoms. The first kappa shape index (κ1) is 23.0. The van der Waals surface area contributed by atoms with E-state index < -0.39 is 23.0 Å². The molecule has 2 aromatic carbocycles. The zero-order chi connectivity index (χ0) is 24.9. The third-order valence-electron chi connectivity index (χ3n) is 6.63. The third kappa shape index (κ3) is 4.25. The second-order valence-electron chi connectivity index (χ2n) is 10.2. The number of anilines is 1. The quantitative estimate of drug-likeness (QED) is 0.525. The molecule has 1 aliphatic carbocycles. The lowest BCUT2D eigenvalue weighted by Gasteiger charge is -2.39. The highest BCUT2D eigenvalue weighted by molar-refractivity contribution is 6.62. The van der Waals surface area contributed by atoms with E-state index in [9.17, 15) is 19.2 Å². The summed E-state index contributed by atoms with van der Waals surface area (Å²) in [6.07, 6.45) is 1.90. The van der Waals surface area contributed by atoms with Gasteiger partial charge < -0.3 is 10.2 Å². The lowest BCUT2D eigenvalue weighted by molar-refractivity contribution is -0.120. The van der Waals surface area contributed by atoms with Gasteiger partial charge in [-0.1, -0.05) is 30.3 Å². The van der Waals surface area contributed by atoms with Crippen LogP contribution in [0.3, 0.4) is 0 Å². The average molecular weight is 465 g/mol. The molecule has 0 radical (unpaired) electrons. The molecule has 5 rings (SSSR count). The number of amides is 2. The highest BCUT2D eigenvalue weighted by Gasteiger charge is 2.54. The van der Waals surface area contributed by atoms with Crippen molar-refractivity contribution in [1.82, 2.24) is 15.1 Å². The number of benzene rings is 2. The van der Waals surface area contributed by atoms with E-state index >= 15 is 0 Å². The van der Waals surface area contributed by atoms with E-state index in [0.29, 0.717) is 18.5 Å². The van der Waals surface area contributed by atoms with Crippen LogP contribution < -0.4 is 10.2 Å². The molecular weight excluding hydrogens is 442 g/mol. The Labute approximate surface area is 205 Å². The van der Waals surface area contributed by atoms with Crippen molar-refractivity contribution in [1.29, 1.82) is 5.26 Å². The van der Waals surface area contributed by atoms with Crippen molar-refractivity contribution < 1.29 is 14.0 Å². The molecule has 7 nitrogen and oxygen atoms in total. The molecule has 1 aromatic heterocycles. The maximum absolute atomic E-state index is 14.7. The van der Waals surface area contributed by atoms with Gasteiger partial charge in [0.15, 0.2) is 11.5 Å². The van der Waals surface area contributed by atoms with Gasteiger partial charge >= 0.3 is 0 Å². The molecule has 1 fully saturated rings. The Balaban J connectivity index is 1.43. The second kappa shape index (κ2) is 8.45. The number of fused-ring (bicyclic) bond motifs is 3. The van der Waals surface area contributed by atoms with Crippen molar-refractivity contribution in [2.75, 3.05) is 4.90 Å². The predicted octanol–water partition coefficient (Wildman–Crippen LogP) is -0.299. The molecule has 0 saturated heterocycles. The number of nitrogens with zero attached hydrogens (tertiary/aromatic N) is 4. The number of aromatic nitrogens is 2. The van der Waals surface area contributed by atoms with Gasteiger partial charge in [-0.15, -0.1) is 0 Å². The predicted molar refractivity (Wildman–Crippen MR) is 137 cm³/mol. The molecule has 1 N–H and O–H groups in total. The van der Waals surface area contributed by atoms with Crippen molar-refractivity contribution >= 4 is 41.0 Å². The molecule has 11 heteroatoms. The molecular formula is C24H23B3FN5O2. The van der Waals surface area contributed by atoms with Crippen LogP contribution in [0.4, 0.5) is 10.1 Å². The van der Waals surface area contributed by atoms with Crippen LogP contribution in [0, 0.1) is 23.1 Å². The number of hydrogen-bond acceptors (Lipinski definition) is 4. The number of nitrogens with one attached hydrogen (secondary N) is 1. The van der Waals surface area contributed by atoms with E-state index in [0.717, 1.165) is 16.8 Å². The van der Waals surface area contributed by atoms with Crippen molar-refractivity contribution in [2.24, 2.45) is 5.92 Å². The number of carbonyl (C=O) groups excluding carboxylic acids is 2. The highest BCUT2D eigenvalue weighted by Crippen LogP contribution is 2.55. The Hall–Kier alpha value is -3.80. The van der Waals surface area contributed by atoms with Crippen molar-refractivity contribution in [3.05, 3.63) is 82.9 Å². The average Bonchev–Trinajstić information content (AvgIpc) is 3.53. The minimum atomic E-state index is -0.816. The van der Waals surface area contributed by atoms with E-state index in [1.807, 2.05) is 66.0 Å². The Morgan fingerprint density at radius 2 is 1.97 bits per heavy atom. The molecule has 0 unspecified atom stereocenters. The summed E-state index contributed by atoms with van der Waals surface area (Å²) in [7, 11) is 5.77. The van der Waals surface area contributed by atoms with Crippen molar-refractivity contribution in [3.63, 3.8) is 0 Å². The molecule has 2 amide bonds. The van der Waals surface area contributed by atoms with Gasteiger partial charge in [-0.05, 0) is 52.8 Å². The molecule has 1 aliphatic heterocycles. The van der Waals surface area contributed by atoms with Gasteiger partial charge in [-0.2, -0.15) is 10.4 Å². The summed E-state index contributed by atoms with van der Waals surface area (Å²) in [5.74, 6) is -1.77. The third-order valence-corrected chi connectivity index (χ3v) is 6.63. The van der Waals surface area contributed by atoms with Crippen LogP contribution in [0.1, 0.15) is 39.5 Å². The maximum Gasteiger partial charge on any atom is 0.275 e. The van der Waals surface area contributed by atoms with E-state index in [1.54, 1.807) is 11.0 Å². The van der Waals surface area contributed by atoms with E-state index in [4.69, 9.17) is 0 Å². The zero-order valence-electron chi connectivity index (χ0n) is 19.8. The summed E-state index contributed by atoms with van der Waals surface area (Å²) in [6, 6.07) is 16.1. The molecule has 3 atom stereocenters. The molecule has 1 saturated carbocycles. The first-order valence-electron chi connectivity index (χ1n) is 11.6. The number of rotatable bonds is 5. The van der Waals surface area contributed by atoms with Gasteiger partial charge in [-0.3, -0.25) is 14.3 Å². The lowest BCUT2D eigenvalue weighted by atomic mass is 9.48. The minimum absolute atomic E-state index is 0.0420. The summed E-state index contributed by atoms with van der Waals surface area (Å²) >= 11 is 0. The van der Waals surface area contributed by atoms with E-state index in [1.165, 1.54) is 10.9 Å². The van der Waals surface area contributed by atoms with Crippen LogP contribution in [0.15, 0.2) is 54.7 Å². The Morgan fingerprint density at radius 3 is 2.66 bits per heavy atom. The monoisotopic (exact) mass is 465 g/mol. The fourth-order valence-electron chi connectivity index (χ4n) is 4.98. The molecule has 2 aliphatic rings. The van der Waals surface area contributed by atoms with E-state index in [2.05, 4.69) is 16.5 Å². The highest BCUT2D eigenvalue weighted by atomic mass is 19.1. The standard InChI is InChI=1S/C24H23B3FN5O2/c25-24(26,27)33-19-7-6-14(10-29)8-16(19)15-9-17(15)20(23(33)35)30-22(34)21-18(28)12-32(31-21)11-13-4-2-1-3-5-13/h1-8,12,15,17,20H,9,11,25-27H2,(H,30,34)/t15-,17-,20-/m0/s1. The van der Waals surface area contributed by atoms with Crippen LogP contribution in [-0.4, -0.2) is 56.4 Å². The molecule has 2 heterocycles. The van der Waals surface area contributed by atoms with Gasteiger partial charge in [-0.25, -0.2) is 4.39 Å². The minimum Gasteiger partial charge on any atom is -0.338 e. The van der Waals surface area contributed by atoms with Gasteiger partial charge in [0.2, 0.25) is 5.91 Å². The lowest BCUT2D eigenvalue weighted by Crippen LogP contribution is -2.60. The molecule has 35 heavy (non-hydrogen) atoms. The van der Waals surface area contributed by atoms with Crippen molar-refractivity contribution in [3.8, 4) is 6.07 Å². The van der Waals surface area contributed by atoms with Gasteiger partial charge in [0.1, 0.15) is 29.6 Å². The van der Waals surface area contributed by atoms with Crippen LogP contribution in [0.5, 0.6) is 0 Å². The van der Waals surface area contributed by atoms with Gasteiger partial charge in [0.05, 0.1) is 24.4 Å². The normalized spacial score (nSPS) is 20.9. The van der Waals surface area contributed by atoms with E-state index in [-0.39, 0.29) is 23.4 Å².